The summed E-state index contributed by atoms with van der Waals surface area (Å²) in [5, 5.41) is 16.9. The van der Waals surface area contributed by atoms with Crippen molar-refractivity contribution in [1.82, 2.24) is 19.9 Å². The van der Waals surface area contributed by atoms with Gasteiger partial charge in [-0.25, -0.2) is 38.2 Å². The summed E-state index contributed by atoms with van der Waals surface area (Å²) in [4.78, 5) is 18.4. The fourth-order valence-corrected chi connectivity index (χ4v) is 15.8. The zero-order valence-electron chi connectivity index (χ0n) is 73.7. The molecule has 0 radical (unpaired) electrons. The molecule has 0 fully saturated rings. The van der Waals surface area contributed by atoms with Crippen molar-refractivity contribution < 1.29 is 49.6 Å². The lowest BCUT2D eigenvalue weighted by Crippen LogP contribution is -2.31. The van der Waals surface area contributed by atoms with Crippen molar-refractivity contribution in [3.63, 3.8) is 0 Å². The average Bonchev–Trinajstić information content (AvgIpc) is 1.58. The monoisotopic (exact) mass is 1450 g/mol. The first-order valence-electron chi connectivity index (χ1n) is 41.9. The smallest absolute Gasteiger partial charge is 0.228 e. The number of benzene rings is 8. The van der Waals surface area contributed by atoms with Crippen LogP contribution in [0.4, 0.5) is 0 Å². The Labute approximate surface area is 652 Å². The molecule has 0 bridgehead atoms. The third-order valence-electron chi connectivity index (χ3n) is 21.6. The molecule has 8 aromatic carbocycles. The third kappa shape index (κ3) is 12.1. The van der Waals surface area contributed by atoms with Crippen LogP contribution in [0.25, 0.3) is 176 Å². The van der Waals surface area contributed by atoms with E-state index in [0.717, 1.165) is 159 Å². The summed E-state index contributed by atoms with van der Waals surface area (Å²) in [6, 6.07) is 64.6. The third-order valence-corrected chi connectivity index (χ3v) is 21.6. The van der Waals surface area contributed by atoms with Crippen LogP contribution in [0, 0.1) is 41.5 Å². The highest BCUT2D eigenvalue weighted by atomic mass is 16.4. The number of aryl methyl sites for hydroxylation is 11. The Kier molecular flexibility index (Phi) is 15.1. The van der Waals surface area contributed by atoms with Gasteiger partial charge in [-0.15, -0.1) is 0 Å². The minimum atomic E-state index is -2.45. The number of hydrogen-bond acceptors (Lipinski definition) is 8. The number of pyridine rings is 8. The zero-order valence-corrected chi connectivity index (χ0v) is 63.7. The van der Waals surface area contributed by atoms with Crippen molar-refractivity contribution in [3.05, 3.63) is 288 Å². The van der Waals surface area contributed by atoms with Crippen LogP contribution in [0.2, 0.25) is 0 Å². The molecule has 12 heteroatoms. The number of aromatic nitrogens is 8. The van der Waals surface area contributed by atoms with E-state index < -0.39 is 31.9 Å². The van der Waals surface area contributed by atoms with Crippen molar-refractivity contribution in [3.8, 4) is 45.0 Å². The van der Waals surface area contributed by atoms with E-state index in [2.05, 4.69) is 157 Å². The Hall–Kier alpha value is -12.8. The molecule has 0 aliphatic heterocycles. The predicted molar refractivity (Wildman–Crippen MR) is 449 cm³/mol. The second kappa shape index (κ2) is 28.1. The molecule has 0 aliphatic carbocycles. The first-order chi connectivity index (χ1) is 57.1. The van der Waals surface area contributed by atoms with Gasteiger partial charge in [0.25, 0.3) is 0 Å². The van der Waals surface area contributed by atoms with Gasteiger partial charge in [0.15, 0.2) is 47.1 Å². The lowest BCUT2D eigenvalue weighted by atomic mass is 9.96. The first kappa shape index (κ1) is 59.3. The Morgan fingerprint density at radius 2 is 0.691 bits per heavy atom. The molecule has 110 heavy (non-hydrogen) atoms. The molecule has 12 aromatic heterocycles. The van der Waals surface area contributed by atoms with Gasteiger partial charge in [-0.05, 0) is 126 Å². The number of fused-ring (bicyclic) bond motifs is 20. The van der Waals surface area contributed by atoms with Crippen molar-refractivity contribution >= 4 is 131 Å². The fraction of sp³-hybridized carbons (Fsp3) is 0.184. The molecule has 0 saturated heterocycles. The van der Waals surface area contributed by atoms with Crippen molar-refractivity contribution in [2.75, 3.05) is 0 Å². The Morgan fingerprint density at radius 1 is 0.364 bits per heavy atom. The summed E-state index contributed by atoms with van der Waals surface area (Å²) >= 11 is 0. The van der Waals surface area contributed by atoms with Gasteiger partial charge in [0.05, 0.1) is 43.8 Å². The molecule has 0 saturated carbocycles. The fourth-order valence-electron chi connectivity index (χ4n) is 15.8. The van der Waals surface area contributed by atoms with Crippen molar-refractivity contribution in [1.29, 1.82) is 0 Å². The number of nitrogens with zero attached hydrogens (tertiary/aromatic N) is 8. The zero-order chi connectivity index (χ0) is 84.7. The first-order valence-corrected chi connectivity index (χ1v) is 36.9. The van der Waals surface area contributed by atoms with Crippen molar-refractivity contribution in [2.24, 2.45) is 28.2 Å². The van der Waals surface area contributed by atoms with Gasteiger partial charge in [0.1, 0.15) is 28.2 Å². The summed E-state index contributed by atoms with van der Waals surface area (Å²) in [6.07, 6.45) is 11.7. The summed E-state index contributed by atoms with van der Waals surface area (Å²) in [5.74, 6) is -3.47. The molecule has 540 valence electrons. The highest BCUT2D eigenvalue weighted by molar-refractivity contribution is 6.23. The molecule has 0 N–H and O–H groups in total. The Morgan fingerprint density at radius 3 is 1.08 bits per heavy atom. The summed E-state index contributed by atoms with van der Waals surface area (Å²) in [7, 11) is 7.86. The van der Waals surface area contributed by atoms with Gasteiger partial charge in [-0.3, -0.25) is 0 Å². The summed E-state index contributed by atoms with van der Waals surface area (Å²) in [5.41, 5.74) is 21.0. The molecule has 0 amide bonds. The minimum absolute atomic E-state index is 0.432. The van der Waals surface area contributed by atoms with Crippen LogP contribution in [0.3, 0.4) is 0 Å². The van der Waals surface area contributed by atoms with E-state index in [0.29, 0.717) is 50.7 Å². The Bertz CT molecular complexity index is 7600. The minimum Gasteiger partial charge on any atom is -0.437 e. The highest BCUT2D eigenvalue weighted by Gasteiger charge is 2.28. The Balaban J connectivity index is 0.000000115. The van der Waals surface area contributed by atoms with E-state index in [1.165, 1.54) is 30.4 Å². The standard InChI is InChI=1S/C26H25N2O.C25H23N2O.C24H21N2O.C23H19N2O/c1-15(2)18-12-13-28(5)22(14-18)23-16(3)10-11-21-24-20-9-7-6-8-19(20)17(4)27-26(24)29-25(21)23;1-15(2)17-11-12-27(4)21(13-17)22-16(3)9-10-20-23-19-8-6-5-7-18(19)14-26-25(23)28-24(20)22;1-4-16-11-12-26(3)20(13-16)21-15(2)9-10-19-22-18-8-6-5-7-17(18)14-25-24(22)27-23(19)21;1-14-10-11-25(3)19(12-14)20-15(2)8-9-18-21-17-7-5-4-6-16(17)13-24-23(21)26-22(18)20/h6-15H,1-5H3;5-15H,1-4H3;5-14H,4H2,1-3H3;4-13H,1-3H3/q4*+1/i2*1D3,15D;4D2;. The van der Waals surface area contributed by atoms with Crippen LogP contribution in [0.1, 0.15) is 110 Å². The topological polar surface area (TPSA) is 120 Å². The largest absolute Gasteiger partial charge is 0.437 e. The summed E-state index contributed by atoms with van der Waals surface area (Å²) < 4.78 is 114. The predicted octanol–water partition coefficient (Wildman–Crippen LogP) is 23.2. The van der Waals surface area contributed by atoms with E-state index in [1.807, 2.05) is 153 Å². The molecule has 0 aliphatic rings. The van der Waals surface area contributed by atoms with Gasteiger partial charge in [-0.2, -0.15) is 0 Å². The van der Waals surface area contributed by atoms with Gasteiger partial charge in [-0.1, -0.05) is 180 Å². The molecule has 0 spiro atoms. The lowest BCUT2D eigenvalue weighted by Gasteiger charge is -2.09. The molecule has 12 heterocycles. The maximum absolute atomic E-state index is 8.56. The van der Waals surface area contributed by atoms with Crippen LogP contribution < -0.4 is 18.3 Å². The van der Waals surface area contributed by atoms with E-state index in [9.17, 15) is 0 Å². The number of furan rings is 4. The second-order valence-corrected chi connectivity index (χ2v) is 28.9. The average molecular weight is 1450 g/mol. The summed E-state index contributed by atoms with van der Waals surface area (Å²) in [6.45, 7) is 11.8. The molecular weight excluding hydrogens is 1350 g/mol. The van der Waals surface area contributed by atoms with Crippen LogP contribution in [-0.4, -0.2) is 19.9 Å². The lowest BCUT2D eigenvalue weighted by molar-refractivity contribution is -0.660. The maximum Gasteiger partial charge on any atom is 0.228 e. The molecule has 12 nitrogen and oxygen atoms in total. The van der Waals surface area contributed by atoms with E-state index >= 15 is 0 Å². The number of hydrogen-bond donors (Lipinski definition) is 0. The van der Waals surface area contributed by atoms with Crippen LogP contribution in [0.15, 0.2) is 255 Å². The molecular formula is C98H88N8O4+4. The van der Waals surface area contributed by atoms with E-state index in [4.69, 9.17) is 36.4 Å². The molecule has 2 atom stereocenters. The maximum atomic E-state index is 8.56. The number of rotatable bonds is 7. The SMILES string of the molecule is Cc1cc[n+](C)c(-c2c(C)ccc3c2oc2ncc4ccccc4c23)c1.[2H]C([2H])(C)c1cc[n+](C)c(-c2c(C)ccc3c2oc2ncc4ccccc4c23)c1.[2H]C([2H])([2H])C([2H])(C)c1cc[n+](C)c(-c2c(C)ccc3c2oc2nc(C)c4ccccc4c23)c1.[2H]C([2H])([2H])C([2H])(C)c1cc[n+](C)c(-c2c(C)ccc3c2oc2ncc4ccccc4c23)c1. The van der Waals surface area contributed by atoms with Gasteiger partial charge < -0.3 is 17.7 Å². The van der Waals surface area contributed by atoms with Crippen LogP contribution >= 0.6 is 0 Å². The highest BCUT2D eigenvalue weighted by Crippen LogP contribution is 2.45. The van der Waals surface area contributed by atoms with Gasteiger partial charge in [0, 0.05) is 130 Å². The van der Waals surface area contributed by atoms with Crippen LogP contribution in [0.5, 0.6) is 0 Å². The normalized spacial score (nSPS) is 14.6. The van der Waals surface area contributed by atoms with E-state index in [1.54, 1.807) is 37.4 Å². The second-order valence-electron chi connectivity index (χ2n) is 28.9. The van der Waals surface area contributed by atoms with Crippen LogP contribution in [-0.2, 0) is 34.6 Å². The molecule has 20 aromatic rings. The quantitative estimate of drug-likeness (QED) is 0.145. The van der Waals surface area contributed by atoms with Gasteiger partial charge >= 0.3 is 0 Å². The van der Waals surface area contributed by atoms with Crippen molar-refractivity contribution in [2.45, 2.75) is 94.2 Å². The molecule has 2 unspecified atom stereocenters. The van der Waals surface area contributed by atoms with Gasteiger partial charge in [0.2, 0.25) is 45.6 Å². The molecule has 20 rings (SSSR count). The van der Waals surface area contributed by atoms with E-state index in [-0.39, 0.29) is 0 Å².